The van der Waals surface area contributed by atoms with Crippen molar-refractivity contribution >= 4 is 22.2 Å². The monoisotopic (exact) mass is 298 g/mol. The quantitative estimate of drug-likeness (QED) is 0.628. The third kappa shape index (κ3) is 2.18. The van der Waals surface area contributed by atoms with Gasteiger partial charge in [-0.25, -0.2) is 4.98 Å². The molecule has 1 aromatic heterocycles. The van der Waals surface area contributed by atoms with Crippen LogP contribution in [0.5, 0.6) is 0 Å². The maximum absolute atomic E-state index is 4.97. The van der Waals surface area contributed by atoms with Crippen molar-refractivity contribution in [2.24, 2.45) is 4.99 Å². The van der Waals surface area contributed by atoms with E-state index in [1.54, 1.807) is 0 Å². The van der Waals surface area contributed by atoms with Gasteiger partial charge in [-0.05, 0) is 37.1 Å². The van der Waals surface area contributed by atoms with Crippen LogP contribution < -0.4 is 0 Å². The molecule has 3 aromatic rings. The summed E-state index contributed by atoms with van der Waals surface area (Å²) in [6, 6.07) is 20.7. The van der Waals surface area contributed by atoms with Gasteiger partial charge < -0.3 is 0 Å². The van der Waals surface area contributed by atoms with Gasteiger partial charge in [0.25, 0.3) is 0 Å². The number of fused-ring (bicyclic) bond motifs is 2. The first kappa shape index (κ1) is 13.9. The van der Waals surface area contributed by atoms with Gasteiger partial charge in [0, 0.05) is 10.9 Å². The number of hydrogen-bond donors (Lipinski definition) is 0. The first-order valence-corrected chi connectivity index (χ1v) is 7.81. The first-order chi connectivity index (χ1) is 11.1. The summed E-state index contributed by atoms with van der Waals surface area (Å²) >= 11 is 0. The van der Waals surface area contributed by atoms with Gasteiger partial charge in [0.15, 0.2) is 0 Å². The highest BCUT2D eigenvalue weighted by molar-refractivity contribution is 6.17. The summed E-state index contributed by atoms with van der Waals surface area (Å²) < 4.78 is 0. The number of benzene rings is 2. The molecule has 1 aliphatic rings. The predicted octanol–water partition coefficient (Wildman–Crippen LogP) is 4.88. The van der Waals surface area contributed by atoms with E-state index in [4.69, 9.17) is 9.98 Å². The van der Waals surface area contributed by atoms with E-state index >= 15 is 0 Å². The maximum Gasteiger partial charge on any atom is 0.0920 e. The lowest BCUT2D eigenvalue weighted by atomic mass is 9.82. The van der Waals surface area contributed by atoms with Gasteiger partial charge in [-0.15, -0.1) is 0 Å². The standard InChI is InChI=1S/C21H18N2/c1-14-16-9-5-6-10-17(16)20(23-21(14,2)3)19-13-12-15-8-4-7-11-18(15)22-19/h4-13H,1H2,2-3H3. The summed E-state index contributed by atoms with van der Waals surface area (Å²) in [6.45, 7) is 8.47. The highest BCUT2D eigenvalue weighted by atomic mass is 14.9. The molecule has 0 N–H and O–H groups in total. The predicted molar refractivity (Wildman–Crippen MR) is 96.9 cm³/mol. The molecule has 1 aliphatic heterocycles. The molecule has 23 heavy (non-hydrogen) atoms. The zero-order valence-corrected chi connectivity index (χ0v) is 13.4. The maximum atomic E-state index is 4.97. The van der Waals surface area contributed by atoms with Crippen molar-refractivity contribution in [3.05, 3.63) is 84.1 Å². The molecule has 0 unspecified atom stereocenters. The minimum absolute atomic E-state index is 0.322. The van der Waals surface area contributed by atoms with Crippen molar-refractivity contribution in [3.63, 3.8) is 0 Å². The van der Waals surface area contributed by atoms with Crippen LogP contribution in [-0.2, 0) is 0 Å². The van der Waals surface area contributed by atoms with Crippen LogP contribution in [-0.4, -0.2) is 16.2 Å². The van der Waals surface area contributed by atoms with E-state index in [0.717, 1.165) is 39.0 Å². The first-order valence-electron chi connectivity index (χ1n) is 7.81. The van der Waals surface area contributed by atoms with E-state index in [0.29, 0.717) is 0 Å². The van der Waals surface area contributed by atoms with Crippen molar-refractivity contribution in [2.45, 2.75) is 19.4 Å². The number of rotatable bonds is 1. The number of para-hydroxylation sites is 1. The van der Waals surface area contributed by atoms with Crippen LogP contribution in [0.15, 0.2) is 72.2 Å². The summed E-state index contributed by atoms with van der Waals surface area (Å²) in [5.41, 5.74) is 5.86. The van der Waals surface area contributed by atoms with Crippen LogP contribution in [0.3, 0.4) is 0 Å². The molecular formula is C21H18N2. The van der Waals surface area contributed by atoms with Crippen molar-refractivity contribution in [1.29, 1.82) is 0 Å². The lowest BCUT2D eigenvalue weighted by molar-refractivity contribution is 0.674. The van der Waals surface area contributed by atoms with Crippen molar-refractivity contribution in [3.8, 4) is 0 Å². The summed E-state index contributed by atoms with van der Waals surface area (Å²) in [5, 5.41) is 1.14. The van der Waals surface area contributed by atoms with Gasteiger partial charge in [0.1, 0.15) is 0 Å². The number of hydrogen-bond acceptors (Lipinski definition) is 2. The fraction of sp³-hybridized carbons (Fsp3) is 0.143. The second kappa shape index (κ2) is 4.88. The Morgan fingerprint density at radius 3 is 2.35 bits per heavy atom. The average Bonchev–Trinajstić information content (AvgIpc) is 2.58. The summed E-state index contributed by atoms with van der Waals surface area (Å²) in [6.07, 6.45) is 0. The number of nitrogens with zero attached hydrogens (tertiary/aromatic N) is 2. The Hall–Kier alpha value is -2.74. The Labute approximate surface area is 136 Å². The third-order valence-electron chi connectivity index (χ3n) is 4.48. The SMILES string of the molecule is C=C1c2ccccc2C(c2ccc3ccccc3n2)=NC1(C)C. The lowest BCUT2D eigenvalue weighted by Gasteiger charge is -2.31. The Balaban J connectivity index is 1.97. The Morgan fingerprint density at radius 1 is 0.826 bits per heavy atom. The molecule has 0 atom stereocenters. The third-order valence-corrected chi connectivity index (χ3v) is 4.48. The molecule has 2 aromatic carbocycles. The van der Waals surface area contributed by atoms with Crippen LogP contribution in [0.4, 0.5) is 0 Å². The van der Waals surface area contributed by atoms with Crippen molar-refractivity contribution in [1.82, 2.24) is 4.98 Å². The molecule has 0 radical (unpaired) electrons. The molecule has 0 saturated carbocycles. The van der Waals surface area contributed by atoms with Crippen molar-refractivity contribution < 1.29 is 0 Å². The Kier molecular flexibility index (Phi) is 2.95. The van der Waals surface area contributed by atoms with E-state index in [1.165, 1.54) is 0 Å². The second-order valence-corrected chi connectivity index (χ2v) is 6.43. The largest absolute Gasteiger partial charge is 0.272 e. The minimum atomic E-state index is -0.322. The number of pyridine rings is 1. The normalized spacial score (nSPS) is 16.1. The zero-order chi connectivity index (χ0) is 16.0. The van der Waals surface area contributed by atoms with Gasteiger partial charge in [-0.1, -0.05) is 55.1 Å². The molecule has 2 heterocycles. The number of aromatic nitrogens is 1. The Morgan fingerprint density at radius 2 is 1.52 bits per heavy atom. The molecule has 0 aliphatic carbocycles. The van der Waals surface area contributed by atoms with E-state index in [2.05, 4.69) is 56.8 Å². The molecule has 0 bridgehead atoms. The fourth-order valence-corrected chi connectivity index (χ4v) is 3.08. The van der Waals surface area contributed by atoms with Crippen LogP contribution in [0.2, 0.25) is 0 Å². The van der Waals surface area contributed by atoms with E-state index < -0.39 is 0 Å². The number of aliphatic imine (C=N–C) groups is 1. The average molecular weight is 298 g/mol. The van der Waals surface area contributed by atoms with E-state index in [-0.39, 0.29) is 5.54 Å². The molecule has 2 heteroatoms. The highest BCUT2D eigenvalue weighted by Gasteiger charge is 2.31. The summed E-state index contributed by atoms with van der Waals surface area (Å²) in [4.78, 5) is 9.80. The molecule has 0 amide bonds. The highest BCUT2D eigenvalue weighted by Crippen LogP contribution is 2.37. The topological polar surface area (TPSA) is 25.2 Å². The van der Waals surface area contributed by atoms with E-state index in [9.17, 15) is 0 Å². The lowest BCUT2D eigenvalue weighted by Crippen LogP contribution is -2.28. The molecule has 0 fully saturated rings. The molecule has 112 valence electrons. The van der Waals surface area contributed by atoms with Gasteiger partial charge in [0.05, 0.1) is 22.5 Å². The molecular weight excluding hydrogens is 280 g/mol. The van der Waals surface area contributed by atoms with Gasteiger partial charge in [-0.2, -0.15) is 0 Å². The zero-order valence-electron chi connectivity index (χ0n) is 13.4. The molecule has 0 spiro atoms. The second-order valence-electron chi connectivity index (χ2n) is 6.43. The Bertz CT molecular complexity index is 964. The fourth-order valence-electron chi connectivity index (χ4n) is 3.08. The van der Waals surface area contributed by atoms with Crippen LogP contribution in [0, 0.1) is 0 Å². The molecule has 0 saturated heterocycles. The van der Waals surface area contributed by atoms with E-state index in [1.807, 2.05) is 24.3 Å². The van der Waals surface area contributed by atoms with Gasteiger partial charge in [0.2, 0.25) is 0 Å². The molecule has 2 nitrogen and oxygen atoms in total. The summed E-state index contributed by atoms with van der Waals surface area (Å²) in [7, 11) is 0. The smallest absolute Gasteiger partial charge is 0.0920 e. The van der Waals surface area contributed by atoms with Crippen LogP contribution in [0.1, 0.15) is 30.7 Å². The van der Waals surface area contributed by atoms with Crippen LogP contribution in [0.25, 0.3) is 16.5 Å². The minimum Gasteiger partial charge on any atom is -0.272 e. The van der Waals surface area contributed by atoms with Gasteiger partial charge in [-0.3, -0.25) is 4.99 Å². The van der Waals surface area contributed by atoms with Crippen molar-refractivity contribution in [2.75, 3.05) is 0 Å². The summed E-state index contributed by atoms with van der Waals surface area (Å²) in [5.74, 6) is 0. The van der Waals surface area contributed by atoms with Gasteiger partial charge >= 0.3 is 0 Å². The van der Waals surface area contributed by atoms with Crippen LogP contribution >= 0.6 is 0 Å². The molecule has 4 rings (SSSR count).